The van der Waals surface area contributed by atoms with Gasteiger partial charge >= 0.3 is 0 Å². The number of amides is 12. The molecule has 2 aliphatic rings. The number of carbonyl (C=O) groups is 12. The van der Waals surface area contributed by atoms with Crippen molar-refractivity contribution in [3.63, 3.8) is 0 Å². The first-order valence-corrected chi connectivity index (χ1v) is 32.8. The third-order valence-corrected chi connectivity index (χ3v) is 18.0. The van der Waals surface area contributed by atoms with Gasteiger partial charge in [-0.1, -0.05) is 88.3 Å². The predicted octanol–water partition coefficient (Wildman–Crippen LogP) is 2.04. The molecule has 92 heavy (non-hydrogen) atoms. The Kier molecular flexibility index (Phi) is 31.9. The Morgan fingerprint density at radius 3 is 1.48 bits per heavy atom. The first-order valence-electron chi connectivity index (χ1n) is 32.8. The smallest absolute Gasteiger partial charge is 0.248 e. The van der Waals surface area contributed by atoms with Gasteiger partial charge in [-0.3, -0.25) is 62.4 Å². The number of hydrogen-bond donors (Lipinski definition) is 4. The molecule has 0 aromatic rings. The van der Waals surface area contributed by atoms with Crippen LogP contribution in [0.25, 0.3) is 0 Å². The van der Waals surface area contributed by atoms with Gasteiger partial charge in [0.15, 0.2) is 0 Å². The minimum atomic E-state index is -1.36. The number of carbonyl (C=O) groups excluding carboxylic acids is 12. The van der Waals surface area contributed by atoms with Crippen LogP contribution in [0.15, 0.2) is 12.2 Å². The van der Waals surface area contributed by atoms with Gasteiger partial charge in [0.1, 0.15) is 66.5 Å². The Labute approximate surface area is 549 Å². The van der Waals surface area contributed by atoms with Crippen molar-refractivity contribution in [1.29, 1.82) is 0 Å². The lowest BCUT2D eigenvalue weighted by Crippen LogP contribution is -2.63. The molecule has 0 saturated carbocycles. The Morgan fingerprint density at radius 1 is 0.511 bits per heavy atom. The van der Waals surface area contributed by atoms with E-state index in [0.717, 1.165) is 0 Å². The molecule has 2 heterocycles. The third kappa shape index (κ3) is 21.2. The van der Waals surface area contributed by atoms with Crippen molar-refractivity contribution in [2.45, 2.75) is 222 Å². The minimum Gasteiger partial charge on any atom is -0.370 e. The van der Waals surface area contributed by atoms with Gasteiger partial charge in [-0.05, 0) is 109 Å². The quantitative estimate of drug-likeness (QED) is 0.161. The van der Waals surface area contributed by atoms with Crippen LogP contribution in [0.5, 0.6) is 0 Å². The summed E-state index contributed by atoms with van der Waals surface area (Å²) < 4.78 is 6.78. The van der Waals surface area contributed by atoms with Crippen LogP contribution >= 0.6 is 0 Å². The van der Waals surface area contributed by atoms with Gasteiger partial charge in [-0.15, -0.1) is 0 Å². The maximum absolute atomic E-state index is 15.2. The van der Waals surface area contributed by atoms with E-state index in [2.05, 4.69) is 21.3 Å². The number of allylic oxidation sites excluding steroid dienone is 2. The maximum Gasteiger partial charge on any atom is 0.248 e. The number of fused-ring (bicyclic) bond motifs is 3. The zero-order chi connectivity index (χ0) is 71.0. The van der Waals surface area contributed by atoms with Crippen LogP contribution < -0.4 is 21.3 Å². The number of nitrogens with one attached hydrogen (secondary N) is 4. The summed E-state index contributed by atoms with van der Waals surface area (Å²) in [4.78, 5) is 188. The van der Waals surface area contributed by atoms with Crippen LogP contribution in [0.4, 0.5) is 0 Å². The average Bonchev–Trinajstić information content (AvgIpc) is 1.54. The summed E-state index contributed by atoms with van der Waals surface area (Å²) in [5, 5.41) is 11.2. The van der Waals surface area contributed by atoms with Crippen molar-refractivity contribution < 1.29 is 62.3 Å². The van der Waals surface area contributed by atoms with E-state index in [9.17, 15) is 33.6 Å². The van der Waals surface area contributed by atoms with Crippen molar-refractivity contribution in [2.24, 2.45) is 35.5 Å². The first kappa shape index (κ1) is 81.4. The molecule has 2 bridgehead atoms. The lowest BCUT2D eigenvalue weighted by atomic mass is 9.92. The molecule has 15 unspecified atom stereocenters. The highest BCUT2D eigenvalue weighted by Crippen LogP contribution is 2.30. The van der Waals surface area contributed by atoms with Crippen LogP contribution in [0.2, 0.25) is 0 Å². The van der Waals surface area contributed by atoms with E-state index in [1.165, 1.54) is 109 Å². The second kappa shape index (κ2) is 36.1. The standard InChI is InChI=1S/C66H117N13O13/c1-27-29-30-40(11)55-54-59(84)69-46(28-2)62(87)73(20)44(15)61(86)77(24)52(41(12)34-72(19)35-50(80)71(17)18)58(83)70-51(39(9)10)65(90)74(21)47(31-36(3)4)57(82)67-42(13)56(81)68-43(14)60(85)75(22)48(32-37(5)6)63(88)76(23)49(33-38(7)8)64(89)78(25)53(45(16)92-55)66(91)79(54)26/h27,29,36-49,51-55H,28,30-35H2,1-26H3,(H,67,82)(H,68,81)(H,69,84)(H,70,83). The zero-order valence-electron chi connectivity index (χ0n) is 60.4. The van der Waals surface area contributed by atoms with Crippen LogP contribution in [-0.2, 0) is 62.3 Å². The summed E-state index contributed by atoms with van der Waals surface area (Å²) in [6.45, 7) is 27.8. The van der Waals surface area contributed by atoms with Crippen molar-refractivity contribution in [3.8, 4) is 0 Å². The van der Waals surface area contributed by atoms with Gasteiger partial charge in [-0.25, -0.2) is 0 Å². The molecule has 0 aromatic carbocycles. The van der Waals surface area contributed by atoms with Gasteiger partial charge in [0.25, 0.3) is 0 Å². The number of likely N-dealkylation sites (N-methyl/N-ethyl adjacent to an activating group) is 9. The molecule has 12 amide bonds. The Morgan fingerprint density at radius 2 is 0.989 bits per heavy atom. The maximum atomic E-state index is 15.2. The first-order chi connectivity index (χ1) is 42.5. The highest BCUT2D eigenvalue weighted by atomic mass is 16.5. The molecule has 524 valence electrons. The molecule has 26 heteroatoms. The van der Waals surface area contributed by atoms with E-state index in [0.29, 0.717) is 6.42 Å². The number of rotatable bonds is 16. The summed E-state index contributed by atoms with van der Waals surface area (Å²) >= 11 is 0. The van der Waals surface area contributed by atoms with Gasteiger partial charge in [-0.2, -0.15) is 0 Å². The molecule has 0 aromatic heterocycles. The molecule has 0 aliphatic carbocycles. The number of ether oxygens (including phenoxy) is 1. The summed E-state index contributed by atoms with van der Waals surface area (Å²) in [5.74, 6) is -9.90. The second-order valence-corrected chi connectivity index (χ2v) is 27.8. The highest BCUT2D eigenvalue weighted by Gasteiger charge is 2.50. The second-order valence-electron chi connectivity index (χ2n) is 27.8. The Balaban J connectivity index is 3.06. The molecule has 2 aliphatic heterocycles. The third-order valence-electron chi connectivity index (χ3n) is 18.0. The fourth-order valence-corrected chi connectivity index (χ4v) is 12.1. The van der Waals surface area contributed by atoms with Crippen LogP contribution in [0, 0.1) is 35.5 Å². The number of hydrogen-bond acceptors (Lipinski definition) is 14. The molecular weight excluding hydrogens is 1180 g/mol. The Bertz CT molecular complexity index is 2620. The molecule has 2 rings (SSSR count). The lowest BCUT2D eigenvalue weighted by molar-refractivity contribution is -0.155. The fraction of sp³-hybridized carbons (Fsp3) is 0.788. The molecule has 0 radical (unpaired) electrons. The summed E-state index contributed by atoms with van der Waals surface area (Å²) in [6.07, 6.45) is 2.58. The molecule has 2 fully saturated rings. The molecule has 2 saturated heterocycles. The summed E-state index contributed by atoms with van der Waals surface area (Å²) in [7, 11) is 14.9. The average molecular weight is 1300 g/mol. The predicted molar refractivity (Wildman–Crippen MR) is 352 cm³/mol. The van der Waals surface area contributed by atoms with E-state index in [4.69, 9.17) is 4.74 Å². The van der Waals surface area contributed by atoms with Crippen molar-refractivity contribution in [1.82, 2.24) is 65.4 Å². The van der Waals surface area contributed by atoms with E-state index >= 15 is 24.0 Å². The minimum absolute atomic E-state index is 0.0311. The largest absolute Gasteiger partial charge is 0.370 e. The van der Waals surface area contributed by atoms with E-state index < -0.39 is 161 Å². The molecule has 15 atom stereocenters. The molecule has 26 nitrogen and oxygen atoms in total. The topological polar surface area (TPSA) is 291 Å². The highest BCUT2D eigenvalue weighted by molar-refractivity contribution is 6.00. The normalized spacial score (nSPS) is 28.7. The SMILES string of the molecule is CC=CCC(C)C1OC(C)C2C(=O)N(C)C1C(=O)NC(CC)C(=O)N(C)C(C)C(=O)N(C)C(C(C)CN(C)CC(=O)N(C)C)C(=O)NC(C(C)C)C(=O)N(C)C(CC(C)C)C(=O)NC(C)C(=O)NC(C)C(=O)N(C)C(CC(C)C)C(=O)N(C)C(CC(C)C)C(=O)N2C. The number of nitrogens with zero attached hydrogens (tertiary/aromatic N) is 9. The summed E-state index contributed by atoms with van der Waals surface area (Å²) in [6, 6.07) is -13.8. The molecule has 0 spiro atoms. The monoisotopic (exact) mass is 1300 g/mol. The van der Waals surface area contributed by atoms with Crippen molar-refractivity contribution in [2.75, 3.05) is 83.6 Å². The van der Waals surface area contributed by atoms with Crippen molar-refractivity contribution >= 4 is 70.9 Å². The van der Waals surface area contributed by atoms with Crippen molar-refractivity contribution in [3.05, 3.63) is 12.2 Å². The fourth-order valence-electron chi connectivity index (χ4n) is 12.1. The summed E-state index contributed by atoms with van der Waals surface area (Å²) in [5.41, 5.74) is 0. The molecular formula is C66H117N13O13. The van der Waals surface area contributed by atoms with E-state index in [1.54, 1.807) is 60.7 Å². The zero-order valence-corrected chi connectivity index (χ0v) is 60.4. The van der Waals surface area contributed by atoms with Crippen LogP contribution in [0.1, 0.15) is 143 Å². The van der Waals surface area contributed by atoms with Gasteiger partial charge in [0.2, 0.25) is 70.9 Å². The van der Waals surface area contributed by atoms with E-state index in [-0.39, 0.29) is 62.4 Å². The lowest BCUT2D eigenvalue weighted by Gasteiger charge is -2.39. The molecule has 4 N–H and O–H groups in total. The van der Waals surface area contributed by atoms with E-state index in [1.807, 2.05) is 67.5 Å². The Hall–Kier alpha value is -6.70. The van der Waals surface area contributed by atoms with Gasteiger partial charge in [0.05, 0.1) is 18.8 Å². The van der Waals surface area contributed by atoms with Crippen LogP contribution in [-0.4, -0.2) is 277 Å². The van der Waals surface area contributed by atoms with Gasteiger partial charge < -0.3 is 65.2 Å². The van der Waals surface area contributed by atoms with Gasteiger partial charge in [0, 0.05) is 70.0 Å². The van der Waals surface area contributed by atoms with Crippen LogP contribution in [0.3, 0.4) is 0 Å².